The molecule has 0 saturated heterocycles. The number of carbonyl (C=O) groups is 3. The van der Waals surface area contributed by atoms with Crippen molar-refractivity contribution in [1.82, 2.24) is 0 Å². The van der Waals surface area contributed by atoms with Crippen LogP contribution < -0.4 is 0 Å². The second-order valence-electron chi connectivity index (χ2n) is 2.20. The SMILES string of the molecule is C=C(C)C(=O)O.CC(=O)C(C)=O. The average molecular weight is 172 g/mol. The highest BCUT2D eigenvalue weighted by atomic mass is 16.4. The number of hydrogen-bond acceptors (Lipinski definition) is 3. The zero-order chi connectivity index (χ0) is 10.3. The fraction of sp³-hybridized carbons (Fsp3) is 0.375. The van der Waals surface area contributed by atoms with Gasteiger partial charge in [0.15, 0.2) is 11.6 Å². The summed E-state index contributed by atoms with van der Waals surface area (Å²) >= 11 is 0. The van der Waals surface area contributed by atoms with E-state index in [1.165, 1.54) is 20.8 Å². The zero-order valence-electron chi connectivity index (χ0n) is 7.38. The summed E-state index contributed by atoms with van der Waals surface area (Å²) in [5.41, 5.74) is 0.176. The smallest absolute Gasteiger partial charge is 0.330 e. The number of ketones is 2. The Balaban J connectivity index is 0. The lowest BCUT2D eigenvalue weighted by Gasteiger charge is -1.79. The summed E-state index contributed by atoms with van der Waals surface area (Å²) in [5.74, 6) is -1.69. The van der Waals surface area contributed by atoms with E-state index in [9.17, 15) is 14.4 Å². The monoisotopic (exact) mass is 172 g/mol. The molecule has 1 N–H and O–H groups in total. The summed E-state index contributed by atoms with van der Waals surface area (Å²) in [5, 5.41) is 7.89. The molecule has 0 aliphatic carbocycles. The highest BCUT2D eigenvalue weighted by Gasteiger charge is 1.94. The third-order valence-corrected chi connectivity index (χ3v) is 0.861. The fourth-order valence-corrected chi connectivity index (χ4v) is 0. The van der Waals surface area contributed by atoms with Crippen LogP contribution >= 0.6 is 0 Å². The van der Waals surface area contributed by atoms with Crippen molar-refractivity contribution >= 4 is 17.5 Å². The number of aliphatic carboxylic acids is 1. The molecule has 12 heavy (non-hydrogen) atoms. The first kappa shape index (κ1) is 13.2. The van der Waals surface area contributed by atoms with Crippen molar-refractivity contribution in [2.45, 2.75) is 20.8 Å². The summed E-state index contributed by atoms with van der Waals surface area (Å²) in [6.45, 7) is 7.11. The van der Waals surface area contributed by atoms with Crippen LogP contribution in [-0.2, 0) is 14.4 Å². The van der Waals surface area contributed by atoms with Gasteiger partial charge in [0.1, 0.15) is 0 Å². The molecule has 0 bridgehead atoms. The van der Waals surface area contributed by atoms with Crippen LogP contribution in [0.15, 0.2) is 12.2 Å². The van der Waals surface area contributed by atoms with Crippen molar-refractivity contribution in [3.05, 3.63) is 12.2 Å². The molecule has 0 rings (SSSR count). The Bertz CT molecular complexity index is 167. The van der Waals surface area contributed by atoms with Crippen LogP contribution in [0.5, 0.6) is 0 Å². The van der Waals surface area contributed by atoms with Crippen molar-refractivity contribution < 1.29 is 19.5 Å². The van der Waals surface area contributed by atoms with E-state index in [1.807, 2.05) is 0 Å². The highest BCUT2D eigenvalue weighted by Crippen LogP contribution is 1.81. The van der Waals surface area contributed by atoms with E-state index < -0.39 is 5.97 Å². The molecule has 0 amide bonds. The highest BCUT2D eigenvalue weighted by molar-refractivity contribution is 6.35. The van der Waals surface area contributed by atoms with Crippen LogP contribution in [0.3, 0.4) is 0 Å². The fourth-order valence-electron chi connectivity index (χ4n) is 0. The number of rotatable bonds is 2. The van der Waals surface area contributed by atoms with Gasteiger partial charge >= 0.3 is 5.97 Å². The first-order chi connectivity index (χ1) is 5.29. The minimum Gasteiger partial charge on any atom is -0.478 e. The molecule has 68 valence electrons. The lowest BCUT2D eigenvalue weighted by molar-refractivity contribution is -0.134. The van der Waals surface area contributed by atoms with Gasteiger partial charge in [-0.2, -0.15) is 0 Å². The number of carbonyl (C=O) groups excluding carboxylic acids is 2. The molecule has 0 unspecified atom stereocenters. The first-order valence-corrected chi connectivity index (χ1v) is 3.19. The van der Waals surface area contributed by atoms with E-state index >= 15 is 0 Å². The molecule has 0 aromatic carbocycles. The lowest BCUT2D eigenvalue weighted by atomic mass is 10.3. The summed E-state index contributed by atoms with van der Waals surface area (Å²) < 4.78 is 0. The Kier molecular flexibility index (Phi) is 6.88. The van der Waals surface area contributed by atoms with Gasteiger partial charge < -0.3 is 5.11 Å². The Labute approximate surface area is 70.9 Å². The van der Waals surface area contributed by atoms with Gasteiger partial charge in [-0.25, -0.2) is 4.79 Å². The summed E-state index contributed by atoms with van der Waals surface area (Å²) in [6, 6.07) is 0. The molecule has 0 fully saturated rings. The topological polar surface area (TPSA) is 71.4 Å². The maximum atomic E-state index is 9.79. The standard InChI is InChI=1S/2C4H6O2/c1-3(5)4(2)6;1-3(2)4(5)6/h1-2H3;1H2,2H3,(H,5,6). The second kappa shape index (κ2) is 6.27. The Morgan fingerprint density at radius 2 is 1.17 bits per heavy atom. The molecule has 0 atom stereocenters. The summed E-state index contributed by atoms with van der Waals surface area (Å²) in [4.78, 5) is 29.2. The van der Waals surface area contributed by atoms with Crippen LogP contribution in [0.2, 0.25) is 0 Å². The average Bonchev–Trinajstić information content (AvgIpc) is 1.88. The third-order valence-electron chi connectivity index (χ3n) is 0.861. The molecular weight excluding hydrogens is 160 g/mol. The largest absolute Gasteiger partial charge is 0.478 e. The van der Waals surface area contributed by atoms with Gasteiger partial charge in [-0.3, -0.25) is 9.59 Å². The van der Waals surface area contributed by atoms with Gasteiger partial charge in [0.25, 0.3) is 0 Å². The van der Waals surface area contributed by atoms with Gasteiger partial charge in [-0.05, 0) is 6.92 Å². The predicted molar refractivity (Wildman–Crippen MR) is 43.8 cm³/mol. The number of carboxylic acid groups (broad SMARTS) is 1. The Morgan fingerprint density at radius 1 is 1.00 bits per heavy atom. The zero-order valence-corrected chi connectivity index (χ0v) is 7.38. The van der Waals surface area contributed by atoms with Gasteiger partial charge in [0, 0.05) is 19.4 Å². The molecule has 0 aromatic rings. The van der Waals surface area contributed by atoms with Crippen molar-refractivity contribution in [1.29, 1.82) is 0 Å². The van der Waals surface area contributed by atoms with E-state index in [0.717, 1.165) is 0 Å². The first-order valence-electron chi connectivity index (χ1n) is 3.19. The quantitative estimate of drug-likeness (QED) is 0.494. The molecule has 0 spiro atoms. The Morgan fingerprint density at radius 3 is 1.17 bits per heavy atom. The number of carboxylic acids is 1. The normalized spacial score (nSPS) is 7.58. The van der Waals surface area contributed by atoms with Gasteiger partial charge in [-0.15, -0.1) is 0 Å². The molecule has 0 aliphatic rings. The van der Waals surface area contributed by atoms with Crippen LogP contribution in [0.4, 0.5) is 0 Å². The molecule has 0 heterocycles. The third kappa shape index (κ3) is 11.4. The minimum atomic E-state index is -0.935. The van der Waals surface area contributed by atoms with Gasteiger partial charge in [0.2, 0.25) is 0 Å². The van der Waals surface area contributed by atoms with E-state index in [0.29, 0.717) is 0 Å². The van der Waals surface area contributed by atoms with E-state index in [4.69, 9.17) is 5.11 Å². The molecule has 0 aliphatic heterocycles. The van der Waals surface area contributed by atoms with Crippen molar-refractivity contribution in [3.63, 3.8) is 0 Å². The van der Waals surface area contributed by atoms with Gasteiger partial charge in [-0.1, -0.05) is 6.58 Å². The molecule has 4 heteroatoms. The second-order valence-corrected chi connectivity index (χ2v) is 2.20. The molecule has 0 radical (unpaired) electrons. The number of hydrogen-bond donors (Lipinski definition) is 1. The van der Waals surface area contributed by atoms with Crippen LogP contribution in [0.1, 0.15) is 20.8 Å². The van der Waals surface area contributed by atoms with Crippen molar-refractivity contribution in [3.8, 4) is 0 Å². The van der Waals surface area contributed by atoms with E-state index in [2.05, 4.69) is 6.58 Å². The molecule has 0 aromatic heterocycles. The molecule has 4 nitrogen and oxygen atoms in total. The molecular formula is C8H12O4. The predicted octanol–water partition coefficient (Wildman–Crippen LogP) is 0.812. The Hall–Kier alpha value is -1.45. The van der Waals surface area contributed by atoms with Gasteiger partial charge in [0.05, 0.1) is 0 Å². The minimum absolute atomic E-state index is 0.176. The summed E-state index contributed by atoms with van der Waals surface area (Å²) in [6.07, 6.45) is 0. The van der Waals surface area contributed by atoms with Crippen LogP contribution in [-0.4, -0.2) is 22.6 Å². The number of Topliss-reactive ketones (excluding diaryl/α,β-unsaturated/α-hetero) is 2. The maximum absolute atomic E-state index is 9.79. The van der Waals surface area contributed by atoms with E-state index in [1.54, 1.807) is 0 Å². The van der Waals surface area contributed by atoms with Crippen LogP contribution in [0, 0.1) is 0 Å². The molecule has 0 saturated carbocycles. The van der Waals surface area contributed by atoms with Crippen LogP contribution in [0.25, 0.3) is 0 Å². The lowest BCUT2D eigenvalue weighted by Crippen LogP contribution is -2.01. The van der Waals surface area contributed by atoms with Crippen molar-refractivity contribution in [2.75, 3.05) is 0 Å². The van der Waals surface area contributed by atoms with Crippen molar-refractivity contribution in [2.24, 2.45) is 0 Å². The summed E-state index contributed by atoms with van der Waals surface area (Å²) in [7, 11) is 0. The maximum Gasteiger partial charge on any atom is 0.330 e. The van der Waals surface area contributed by atoms with E-state index in [-0.39, 0.29) is 17.1 Å².